The van der Waals surface area contributed by atoms with E-state index in [9.17, 15) is 4.79 Å². The smallest absolute Gasteiger partial charge is 0.243 e. The van der Waals surface area contributed by atoms with E-state index in [2.05, 4.69) is 12.2 Å². The maximum Gasteiger partial charge on any atom is 0.243 e. The van der Waals surface area contributed by atoms with Gasteiger partial charge in [-0.05, 0) is 37.3 Å². The molecule has 0 heterocycles. The molecule has 1 aliphatic rings. The van der Waals surface area contributed by atoms with Crippen LogP contribution in [0.3, 0.4) is 0 Å². The number of nitrogens with two attached hydrogens (primary N) is 1. The number of primary amides is 1. The number of carbonyl (C=O) groups excluding carboxylic acids is 1. The zero-order valence-electron chi connectivity index (χ0n) is 9.79. The second-order valence-corrected chi connectivity index (χ2v) is 5.04. The molecule has 0 radical (unpaired) electrons. The lowest BCUT2D eigenvalue weighted by atomic mass is 9.83. The van der Waals surface area contributed by atoms with Crippen LogP contribution in [-0.4, -0.2) is 11.4 Å². The fraction of sp³-hybridized carbons (Fsp3) is 0.462. The molecule has 1 aromatic carbocycles. The van der Waals surface area contributed by atoms with Gasteiger partial charge in [0.05, 0.1) is 0 Å². The molecule has 1 atom stereocenters. The molecule has 16 heavy (non-hydrogen) atoms. The summed E-state index contributed by atoms with van der Waals surface area (Å²) in [4.78, 5) is 11.7. The van der Waals surface area contributed by atoms with Crippen LogP contribution in [0, 0.1) is 5.41 Å². The summed E-state index contributed by atoms with van der Waals surface area (Å²) in [5, 5.41) is 3.28. The van der Waals surface area contributed by atoms with Gasteiger partial charge in [-0.1, -0.05) is 25.1 Å². The molecule has 1 amide bonds. The number of amides is 1. The third-order valence-electron chi connectivity index (χ3n) is 3.87. The van der Waals surface area contributed by atoms with Crippen molar-refractivity contribution in [2.45, 2.75) is 32.2 Å². The highest BCUT2D eigenvalue weighted by Crippen LogP contribution is 2.54. The van der Waals surface area contributed by atoms with Crippen LogP contribution < -0.4 is 11.1 Å². The summed E-state index contributed by atoms with van der Waals surface area (Å²) in [7, 11) is 0. The van der Waals surface area contributed by atoms with Gasteiger partial charge >= 0.3 is 0 Å². The van der Waals surface area contributed by atoms with Crippen molar-refractivity contribution in [3.05, 3.63) is 30.3 Å². The number of carbonyl (C=O) groups is 1. The van der Waals surface area contributed by atoms with Crippen LogP contribution in [0.2, 0.25) is 0 Å². The first-order valence-corrected chi connectivity index (χ1v) is 5.61. The van der Waals surface area contributed by atoms with Crippen LogP contribution in [0.5, 0.6) is 0 Å². The summed E-state index contributed by atoms with van der Waals surface area (Å²) in [5.41, 5.74) is 5.82. The van der Waals surface area contributed by atoms with E-state index in [4.69, 9.17) is 5.73 Å². The van der Waals surface area contributed by atoms with Crippen molar-refractivity contribution in [3.63, 3.8) is 0 Å². The van der Waals surface area contributed by atoms with E-state index in [1.165, 1.54) is 0 Å². The molecule has 2 rings (SSSR count). The topological polar surface area (TPSA) is 55.1 Å². The van der Waals surface area contributed by atoms with Crippen molar-refractivity contribution in [1.82, 2.24) is 0 Å². The zero-order chi connectivity index (χ0) is 11.8. The Labute approximate surface area is 96.0 Å². The van der Waals surface area contributed by atoms with Crippen LogP contribution in [0.25, 0.3) is 0 Å². The zero-order valence-corrected chi connectivity index (χ0v) is 9.79. The van der Waals surface area contributed by atoms with Gasteiger partial charge in [-0.2, -0.15) is 0 Å². The number of hydrogen-bond donors (Lipinski definition) is 2. The molecule has 0 spiro atoms. The molecule has 0 aromatic heterocycles. The predicted octanol–water partition coefficient (Wildman–Crippen LogP) is 2.14. The average molecular weight is 218 g/mol. The van der Waals surface area contributed by atoms with Gasteiger partial charge in [0.25, 0.3) is 0 Å². The van der Waals surface area contributed by atoms with Crippen molar-refractivity contribution in [2.75, 3.05) is 5.32 Å². The number of rotatable bonds is 4. The summed E-state index contributed by atoms with van der Waals surface area (Å²) in [6, 6.07) is 9.74. The molecule has 1 saturated carbocycles. The van der Waals surface area contributed by atoms with Gasteiger partial charge in [0.2, 0.25) is 5.91 Å². The SMILES string of the molecule is CC1(C(C)(Nc2ccccc2)C(N)=O)CC1. The first kappa shape index (κ1) is 11.0. The third kappa shape index (κ3) is 1.66. The molecule has 3 heteroatoms. The van der Waals surface area contributed by atoms with Crippen LogP contribution in [0.1, 0.15) is 26.7 Å². The maximum absolute atomic E-state index is 11.7. The lowest BCUT2D eigenvalue weighted by molar-refractivity contribution is -0.123. The highest BCUT2D eigenvalue weighted by molar-refractivity contribution is 5.89. The highest BCUT2D eigenvalue weighted by Gasteiger charge is 2.56. The molecule has 1 aliphatic carbocycles. The lowest BCUT2D eigenvalue weighted by Crippen LogP contribution is -2.54. The van der Waals surface area contributed by atoms with Crippen LogP contribution in [0.15, 0.2) is 30.3 Å². The van der Waals surface area contributed by atoms with E-state index >= 15 is 0 Å². The molecule has 1 aromatic rings. The fourth-order valence-electron chi connectivity index (χ4n) is 2.01. The Balaban J connectivity index is 2.25. The molecule has 0 saturated heterocycles. The fourth-order valence-corrected chi connectivity index (χ4v) is 2.01. The number of para-hydroxylation sites is 1. The monoisotopic (exact) mass is 218 g/mol. The van der Waals surface area contributed by atoms with Gasteiger partial charge in [-0.25, -0.2) is 0 Å². The number of benzene rings is 1. The summed E-state index contributed by atoms with van der Waals surface area (Å²) in [5.74, 6) is -0.281. The number of hydrogen-bond acceptors (Lipinski definition) is 2. The van der Waals surface area contributed by atoms with Crippen molar-refractivity contribution in [1.29, 1.82) is 0 Å². The Morgan fingerprint density at radius 3 is 2.38 bits per heavy atom. The summed E-state index contributed by atoms with van der Waals surface area (Å²) >= 11 is 0. The molecular formula is C13H18N2O. The molecule has 0 aliphatic heterocycles. The Morgan fingerprint density at radius 1 is 1.38 bits per heavy atom. The predicted molar refractivity (Wildman–Crippen MR) is 65.0 cm³/mol. The van der Waals surface area contributed by atoms with Gasteiger partial charge in [0.15, 0.2) is 0 Å². The molecule has 1 unspecified atom stereocenters. The maximum atomic E-state index is 11.7. The normalized spacial score (nSPS) is 20.9. The summed E-state index contributed by atoms with van der Waals surface area (Å²) in [6.07, 6.45) is 2.10. The molecule has 3 nitrogen and oxygen atoms in total. The van der Waals surface area contributed by atoms with Crippen molar-refractivity contribution < 1.29 is 4.79 Å². The molecular weight excluding hydrogens is 200 g/mol. The van der Waals surface area contributed by atoms with E-state index in [-0.39, 0.29) is 11.3 Å². The summed E-state index contributed by atoms with van der Waals surface area (Å²) < 4.78 is 0. The second-order valence-electron chi connectivity index (χ2n) is 5.04. The standard InChI is InChI=1S/C13H18N2O/c1-12(8-9-12)13(2,11(14)16)15-10-6-4-3-5-7-10/h3-7,15H,8-9H2,1-2H3,(H2,14,16). The van der Waals surface area contributed by atoms with Crippen molar-refractivity contribution in [3.8, 4) is 0 Å². The van der Waals surface area contributed by atoms with E-state index < -0.39 is 5.54 Å². The molecule has 86 valence electrons. The van der Waals surface area contributed by atoms with E-state index in [1.807, 2.05) is 37.3 Å². The molecule has 0 bridgehead atoms. The largest absolute Gasteiger partial charge is 0.371 e. The van der Waals surface area contributed by atoms with Gasteiger partial charge in [0, 0.05) is 5.69 Å². The van der Waals surface area contributed by atoms with Crippen LogP contribution in [-0.2, 0) is 4.79 Å². The number of nitrogens with one attached hydrogen (secondary N) is 1. The average Bonchev–Trinajstić information content (AvgIpc) is 2.99. The van der Waals surface area contributed by atoms with Crippen LogP contribution >= 0.6 is 0 Å². The Kier molecular flexibility index (Phi) is 2.41. The third-order valence-corrected chi connectivity index (χ3v) is 3.87. The Hall–Kier alpha value is -1.51. The van der Waals surface area contributed by atoms with Crippen molar-refractivity contribution >= 4 is 11.6 Å². The van der Waals surface area contributed by atoms with Gasteiger partial charge in [-0.15, -0.1) is 0 Å². The van der Waals surface area contributed by atoms with Gasteiger partial charge in [-0.3, -0.25) is 4.79 Å². The summed E-state index contributed by atoms with van der Waals surface area (Å²) in [6.45, 7) is 4.00. The van der Waals surface area contributed by atoms with E-state index in [0.717, 1.165) is 18.5 Å². The highest BCUT2D eigenvalue weighted by atomic mass is 16.1. The lowest BCUT2D eigenvalue weighted by Gasteiger charge is -2.35. The Morgan fingerprint density at radius 2 is 1.94 bits per heavy atom. The Bertz CT molecular complexity index is 398. The minimum Gasteiger partial charge on any atom is -0.371 e. The van der Waals surface area contributed by atoms with E-state index in [1.54, 1.807) is 0 Å². The minimum atomic E-state index is -0.658. The second kappa shape index (κ2) is 3.51. The molecule has 3 N–H and O–H groups in total. The van der Waals surface area contributed by atoms with Gasteiger partial charge < -0.3 is 11.1 Å². The first-order chi connectivity index (χ1) is 7.48. The minimum absolute atomic E-state index is 0.00528. The first-order valence-electron chi connectivity index (χ1n) is 5.61. The quantitative estimate of drug-likeness (QED) is 0.813. The van der Waals surface area contributed by atoms with Crippen LogP contribution in [0.4, 0.5) is 5.69 Å². The van der Waals surface area contributed by atoms with E-state index in [0.29, 0.717) is 0 Å². The van der Waals surface area contributed by atoms with Crippen molar-refractivity contribution in [2.24, 2.45) is 11.1 Å². The number of anilines is 1. The van der Waals surface area contributed by atoms with Gasteiger partial charge in [0.1, 0.15) is 5.54 Å². The molecule has 1 fully saturated rings.